The van der Waals surface area contributed by atoms with Gasteiger partial charge in [-0.2, -0.15) is 0 Å². The summed E-state index contributed by atoms with van der Waals surface area (Å²) >= 11 is 0. The standard InChI is InChI=1S/C10H10O3/c1-10-3-2-5(4-10)6-7(10)9(12)13-8(6)11/h2-3,5-7H,4H2,1H3/t5-,6-,7+,10+/m1/s1. The SMILES string of the molecule is C[C@]12C=C[C@H](C1)[C@H]1C(=O)OC(=O)[C@H]12. The summed E-state index contributed by atoms with van der Waals surface area (Å²) in [6.45, 7) is 2.04. The Hall–Kier alpha value is -1.12. The van der Waals surface area contributed by atoms with Crippen LogP contribution in [0.15, 0.2) is 12.2 Å². The van der Waals surface area contributed by atoms with Crippen molar-refractivity contribution < 1.29 is 14.3 Å². The number of cyclic esters (lactones) is 2. The fourth-order valence-corrected chi connectivity index (χ4v) is 3.08. The van der Waals surface area contributed by atoms with E-state index in [0.717, 1.165) is 6.42 Å². The summed E-state index contributed by atoms with van der Waals surface area (Å²) in [5.41, 5.74) is -0.113. The lowest BCUT2D eigenvalue weighted by atomic mass is 9.76. The van der Waals surface area contributed by atoms with Crippen LogP contribution in [0.4, 0.5) is 0 Å². The van der Waals surface area contributed by atoms with E-state index in [0.29, 0.717) is 0 Å². The zero-order valence-corrected chi connectivity index (χ0v) is 7.32. The maximum absolute atomic E-state index is 11.4. The molecule has 4 atom stereocenters. The van der Waals surface area contributed by atoms with Crippen LogP contribution in [0.3, 0.4) is 0 Å². The van der Waals surface area contributed by atoms with Crippen molar-refractivity contribution in [3.05, 3.63) is 12.2 Å². The number of carbonyl (C=O) groups is 2. The molecule has 2 aliphatic carbocycles. The molecule has 0 aromatic carbocycles. The molecule has 3 heteroatoms. The Kier molecular flexibility index (Phi) is 1.05. The first-order valence-electron chi connectivity index (χ1n) is 4.57. The molecular weight excluding hydrogens is 168 g/mol. The van der Waals surface area contributed by atoms with Gasteiger partial charge in [-0.1, -0.05) is 19.1 Å². The van der Waals surface area contributed by atoms with E-state index in [1.54, 1.807) is 0 Å². The number of ether oxygens (including phenoxy) is 1. The molecular formula is C10H10O3. The minimum atomic E-state index is -0.315. The predicted octanol–water partition coefficient (Wildman–Crippen LogP) is 0.898. The molecule has 0 spiro atoms. The highest BCUT2D eigenvalue weighted by molar-refractivity contribution is 5.98. The molecule has 2 fully saturated rings. The van der Waals surface area contributed by atoms with Crippen molar-refractivity contribution in [3.8, 4) is 0 Å². The van der Waals surface area contributed by atoms with Crippen molar-refractivity contribution in [3.63, 3.8) is 0 Å². The Labute approximate surface area is 75.8 Å². The second-order valence-corrected chi connectivity index (χ2v) is 4.48. The summed E-state index contributed by atoms with van der Waals surface area (Å²) in [6.07, 6.45) is 5.06. The molecule has 0 unspecified atom stereocenters. The summed E-state index contributed by atoms with van der Waals surface area (Å²) in [4.78, 5) is 22.7. The van der Waals surface area contributed by atoms with E-state index in [9.17, 15) is 9.59 Å². The van der Waals surface area contributed by atoms with Crippen molar-refractivity contribution in [2.75, 3.05) is 0 Å². The van der Waals surface area contributed by atoms with Crippen LogP contribution in [0.1, 0.15) is 13.3 Å². The van der Waals surface area contributed by atoms with Crippen LogP contribution in [0, 0.1) is 23.2 Å². The molecule has 3 rings (SSSR count). The van der Waals surface area contributed by atoms with Crippen LogP contribution in [-0.4, -0.2) is 11.9 Å². The van der Waals surface area contributed by atoms with E-state index in [1.807, 2.05) is 6.92 Å². The van der Waals surface area contributed by atoms with Crippen molar-refractivity contribution in [1.29, 1.82) is 0 Å². The monoisotopic (exact) mass is 178 g/mol. The summed E-state index contributed by atoms with van der Waals surface area (Å²) in [5, 5.41) is 0. The number of esters is 2. The third-order valence-electron chi connectivity index (χ3n) is 3.66. The van der Waals surface area contributed by atoms with Crippen molar-refractivity contribution in [2.24, 2.45) is 23.2 Å². The lowest BCUT2D eigenvalue weighted by Crippen LogP contribution is -2.28. The van der Waals surface area contributed by atoms with E-state index in [-0.39, 0.29) is 35.1 Å². The number of allylic oxidation sites excluding steroid dienone is 2. The van der Waals surface area contributed by atoms with Crippen molar-refractivity contribution in [1.82, 2.24) is 0 Å². The third kappa shape index (κ3) is 0.666. The minimum Gasteiger partial charge on any atom is -0.393 e. The highest BCUT2D eigenvalue weighted by Crippen LogP contribution is 2.59. The van der Waals surface area contributed by atoms with Crippen LogP contribution >= 0.6 is 0 Å². The second-order valence-electron chi connectivity index (χ2n) is 4.48. The van der Waals surface area contributed by atoms with Gasteiger partial charge in [0.1, 0.15) is 0 Å². The first kappa shape index (κ1) is 7.30. The first-order valence-corrected chi connectivity index (χ1v) is 4.57. The summed E-state index contributed by atoms with van der Waals surface area (Å²) in [7, 11) is 0. The van der Waals surface area contributed by atoms with Crippen LogP contribution in [-0.2, 0) is 14.3 Å². The van der Waals surface area contributed by atoms with Gasteiger partial charge in [0.05, 0.1) is 11.8 Å². The fourth-order valence-electron chi connectivity index (χ4n) is 3.08. The molecule has 1 saturated carbocycles. The maximum atomic E-state index is 11.4. The molecule has 0 radical (unpaired) electrons. The Morgan fingerprint density at radius 2 is 2.23 bits per heavy atom. The lowest BCUT2D eigenvalue weighted by molar-refractivity contribution is -0.155. The average molecular weight is 178 g/mol. The quantitative estimate of drug-likeness (QED) is 0.314. The highest BCUT2D eigenvalue weighted by atomic mass is 16.6. The van der Waals surface area contributed by atoms with Gasteiger partial charge < -0.3 is 4.74 Å². The zero-order valence-electron chi connectivity index (χ0n) is 7.32. The number of carbonyl (C=O) groups excluding carboxylic acids is 2. The Balaban J connectivity index is 2.13. The number of rotatable bonds is 0. The maximum Gasteiger partial charge on any atom is 0.318 e. The van der Waals surface area contributed by atoms with Crippen molar-refractivity contribution in [2.45, 2.75) is 13.3 Å². The molecule has 3 nitrogen and oxygen atoms in total. The molecule has 1 saturated heterocycles. The average Bonchev–Trinajstić information content (AvgIpc) is 2.62. The molecule has 1 heterocycles. The number of hydrogen-bond acceptors (Lipinski definition) is 3. The van der Waals surface area contributed by atoms with Crippen LogP contribution in [0.2, 0.25) is 0 Å². The molecule has 13 heavy (non-hydrogen) atoms. The van der Waals surface area contributed by atoms with Gasteiger partial charge in [0.25, 0.3) is 0 Å². The van der Waals surface area contributed by atoms with E-state index in [4.69, 9.17) is 0 Å². The largest absolute Gasteiger partial charge is 0.393 e. The van der Waals surface area contributed by atoms with Gasteiger partial charge in [-0.05, 0) is 12.3 Å². The molecule has 0 N–H and O–H groups in total. The molecule has 1 aliphatic heterocycles. The van der Waals surface area contributed by atoms with E-state index in [1.165, 1.54) is 0 Å². The Morgan fingerprint density at radius 3 is 2.92 bits per heavy atom. The van der Waals surface area contributed by atoms with E-state index >= 15 is 0 Å². The highest BCUT2D eigenvalue weighted by Gasteiger charge is 2.63. The van der Waals surface area contributed by atoms with Gasteiger partial charge in [0.2, 0.25) is 0 Å². The Morgan fingerprint density at radius 1 is 1.46 bits per heavy atom. The van der Waals surface area contributed by atoms with E-state index in [2.05, 4.69) is 16.9 Å². The molecule has 0 aromatic rings. The normalized spacial score (nSPS) is 51.3. The van der Waals surface area contributed by atoms with Crippen LogP contribution in [0.25, 0.3) is 0 Å². The molecule has 2 bridgehead atoms. The molecule has 3 aliphatic rings. The van der Waals surface area contributed by atoms with Gasteiger partial charge in [-0.3, -0.25) is 9.59 Å². The summed E-state index contributed by atoms with van der Waals surface area (Å²) in [6, 6.07) is 0. The van der Waals surface area contributed by atoms with Crippen LogP contribution < -0.4 is 0 Å². The van der Waals surface area contributed by atoms with Gasteiger partial charge in [0.15, 0.2) is 0 Å². The Bertz CT molecular complexity index is 344. The molecule has 68 valence electrons. The minimum absolute atomic E-state index is 0.113. The molecule has 0 aromatic heterocycles. The third-order valence-corrected chi connectivity index (χ3v) is 3.66. The van der Waals surface area contributed by atoms with Gasteiger partial charge in [-0.15, -0.1) is 0 Å². The fraction of sp³-hybridized carbons (Fsp3) is 0.600. The van der Waals surface area contributed by atoms with E-state index < -0.39 is 0 Å². The molecule has 0 amide bonds. The lowest BCUT2D eigenvalue weighted by Gasteiger charge is -2.23. The number of fused-ring (bicyclic) bond motifs is 5. The summed E-state index contributed by atoms with van der Waals surface area (Å²) in [5.74, 6) is -0.760. The van der Waals surface area contributed by atoms with Crippen molar-refractivity contribution >= 4 is 11.9 Å². The van der Waals surface area contributed by atoms with Gasteiger partial charge in [0, 0.05) is 5.41 Å². The number of hydrogen-bond donors (Lipinski definition) is 0. The topological polar surface area (TPSA) is 43.4 Å². The summed E-state index contributed by atoms with van der Waals surface area (Å²) < 4.78 is 4.66. The second kappa shape index (κ2) is 1.86. The van der Waals surface area contributed by atoms with Crippen LogP contribution in [0.5, 0.6) is 0 Å². The van der Waals surface area contributed by atoms with Gasteiger partial charge >= 0.3 is 11.9 Å². The van der Waals surface area contributed by atoms with Gasteiger partial charge in [-0.25, -0.2) is 0 Å². The predicted molar refractivity (Wildman–Crippen MR) is 43.4 cm³/mol. The first-order chi connectivity index (χ1) is 6.12. The zero-order chi connectivity index (χ0) is 9.22. The smallest absolute Gasteiger partial charge is 0.318 e.